The van der Waals surface area contributed by atoms with Crippen LogP contribution in [0, 0.1) is 6.92 Å². The van der Waals surface area contributed by atoms with E-state index in [2.05, 4.69) is 15.0 Å². The van der Waals surface area contributed by atoms with Gasteiger partial charge in [-0.15, -0.1) is 11.3 Å². The molecule has 0 N–H and O–H groups in total. The SMILES string of the molecule is Cc1nc(CC(=O)N2CCCC(c3cncc(-c4cccc(C(F)(F)F)c4)n3)C2)cs1. The quantitative estimate of drug-likeness (QED) is 0.573. The molecule has 3 heterocycles. The molecular formula is C22H21F3N4OS. The van der Waals surface area contributed by atoms with E-state index in [1.807, 2.05) is 17.2 Å². The number of likely N-dealkylation sites (tertiary alicyclic amines) is 1. The third kappa shape index (κ3) is 5.10. The Balaban J connectivity index is 1.50. The highest BCUT2D eigenvalue weighted by Crippen LogP contribution is 2.32. The third-order valence-electron chi connectivity index (χ3n) is 5.33. The van der Waals surface area contributed by atoms with E-state index in [1.165, 1.54) is 23.6 Å². The molecule has 162 valence electrons. The second-order valence-electron chi connectivity index (χ2n) is 7.62. The zero-order valence-corrected chi connectivity index (χ0v) is 17.7. The number of carbonyl (C=O) groups is 1. The first-order valence-electron chi connectivity index (χ1n) is 9.98. The summed E-state index contributed by atoms with van der Waals surface area (Å²) in [5.74, 6) is 0.0186. The van der Waals surface area contributed by atoms with Crippen LogP contribution >= 0.6 is 11.3 Å². The molecule has 0 spiro atoms. The van der Waals surface area contributed by atoms with Gasteiger partial charge < -0.3 is 4.90 Å². The fourth-order valence-corrected chi connectivity index (χ4v) is 4.39. The van der Waals surface area contributed by atoms with Gasteiger partial charge >= 0.3 is 6.18 Å². The Hall–Kier alpha value is -2.81. The number of nitrogens with zero attached hydrogens (tertiary/aromatic N) is 4. The summed E-state index contributed by atoms with van der Waals surface area (Å²) >= 11 is 1.52. The van der Waals surface area contributed by atoms with E-state index < -0.39 is 11.7 Å². The van der Waals surface area contributed by atoms with Gasteiger partial charge in [-0.05, 0) is 31.9 Å². The molecule has 0 saturated carbocycles. The molecule has 1 amide bonds. The fraction of sp³-hybridized carbons (Fsp3) is 0.364. The van der Waals surface area contributed by atoms with Gasteiger partial charge in [-0.1, -0.05) is 12.1 Å². The molecule has 31 heavy (non-hydrogen) atoms. The maximum absolute atomic E-state index is 13.1. The first-order valence-corrected chi connectivity index (χ1v) is 10.9. The van der Waals surface area contributed by atoms with Gasteiger partial charge in [0.25, 0.3) is 0 Å². The number of carbonyl (C=O) groups excluding carboxylic acids is 1. The standard InChI is InChI=1S/C22H21F3N4OS/c1-14-27-18(13-31-14)9-21(30)29-7-3-5-16(12-29)20-11-26-10-19(28-20)15-4-2-6-17(8-15)22(23,24)25/h2,4,6,8,10-11,13,16H,3,5,7,9,12H2,1H3. The summed E-state index contributed by atoms with van der Waals surface area (Å²) in [4.78, 5) is 27.7. The van der Waals surface area contributed by atoms with E-state index >= 15 is 0 Å². The lowest BCUT2D eigenvalue weighted by atomic mass is 9.94. The largest absolute Gasteiger partial charge is 0.416 e. The molecule has 1 aromatic carbocycles. The van der Waals surface area contributed by atoms with Crippen molar-refractivity contribution < 1.29 is 18.0 Å². The number of piperidine rings is 1. The van der Waals surface area contributed by atoms with Crippen molar-refractivity contribution >= 4 is 17.2 Å². The number of hydrogen-bond donors (Lipinski definition) is 0. The van der Waals surface area contributed by atoms with E-state index in [1.54, 1.807) is 12.3 Å². The molecule has 0 aliphatic carbocycles. The maximum Gasteiger partial charge on any atom is 0.416 e. The minimum atomic E-state index is -4.42. The van der Waals surface area contributed by atoms with Crippen LogP contribution in [0.25, 0.3) is 11.3 Å². The van der Waals surface area contributed by atoms with E-state index in [4.69, 9.17) is 0 Å². The number of benzene rings is 1. The first-order chi connectivity index (χ1) is 14.8. The van der Waals surface area contributed by atoms with Crippen molar-refractivity contribution in [3.05, 3.63) is 64.0 Å². The molecule has 1 aliphatic heterocycles. The second kappa shape index (κ2) is 8.74. The number of halogens is 3. The molecular weight excluding hydrogens is 425 g/mol. The third-order valence-corrected chi connectivity index (χ3v) is 6.15. The molecule has 4 rings (SSSR count). The monoisotopic (exact) mass is 446 g/mol. The molecule has 0 radical (unpaired) electrons. The van der Waals surface area contributed by atoms with Crippen LogP contribution in [0.15, 0.2) is 42.0 Å². The lowest BCUT2D eigenvalue weighted by Crippen LogP contribution is -2.40. The predicted molar refractivity (Wildman–Crippen MR) is 112 cm³/mol. The number of rotatable bonds is 4. The molecule has 1 aliphatic rings. The van der Waals surface area contributed by atoms with Crippen molar-refractivity contribution in [3.63, 3.8) is 0 Å². The Labute approximate surface area is 182 Å². The van der Waals surface area contributed by atoms with Gasteiger partial charge in [0.2, 0.25) is 5.91 Å². The van der Waals surface area contributed by atoms with Crippen molar-refractivity contribution in [3.8, 4) is 11.3 Å². The van der Waals surface area contributed by atoms with E-state index in [0.717, 1.165) is 35.7 Å². The normalized spacial score (nSPS) is 17.0. The molecule has 2 aromatic heterocycles. The number of thiazole rings is 1. The lowest BCUT2D eigenvalue weighted by Gasteiger charge is -2.32. The number of hydrogen-bond acceptors (Lipinski definition) is 5. The Morgan fingerprint density at radius 3 is 2.84 bits per heavy atom. The number of amides is 1. The molecule has 1 fully saturated rings. The Bertz CT molecular complexity index is 1080. The Morgan fingerprint density at radius 2 is 2.10 bits per heavy atom. The van der Waals surface area contributed by atoms with Crippen molar-refractivity contribution in [2.45, 2.75) is 38.3 Å². The Kier molecular flexibility index (Phi) is 6.04. The summed E-state index contributed by atoms with van der Waals surface area (Å²) in [7, 11) is 0. The summed E-state index contributed by atoms with van der Waals surface area (Å²) in [5.41, 5.74) is 1.51. The summed E-state index contributed by atoms with van der Waals surface area (Å²) in [6, 6.07) is 5.08. The van der Waals surface area contributed by atoms with Gasteiger partial charge in [-0.2, -0.15) is 13.2 Å². The zero-order valence-electron chi connectivity index (χ0n) is 16.9. The topological polar surface area (TPSA) is 59.0 Å². The van der Waals surface area contributed by atoms with Gasteiger partial charge in [-0.3, -0.25) is 9.78 Å². The molecule has 0 bridgehead atoms. The highest BCUT2D eigenvalue weighted by Gasteiger charge is 2.31. The van der Waals surface area contributed by atoms with Crippen LogP contribution in [0.2, 0.25) is 0 Å². The van der Waals surface area contributed by atoms with Crippen molar-refractivity contribution in [1.82, 2.24) is 19.9 Å². The first kappa shape index (κ1) is 21.4. The van der Waals surface area contributed by atoms with Crippen LogP contribution in [0.1, 0.15) is 40.7 Å². The van der Waals surface area contributed by atoms with Gasteiger partial charge in [0.05, 0.1) is 40.3 Å². The molecule has 9 heteroatoms. The molecule has 1 atom stereocenters. The van der Waals surface area contributed by atoms with Crippen LogP contribution in [0.3, 0.4) is 0 Å². The maximum atomic E-state index is 13.1. The van der Waals surface area contributed by atoms with Crippen molar-refractivity contribution in [1.29, 1.82) is 0 Å². The van der Waals surface area contributed by atoms with Crippen LogP contribution in [-0.2, 0) is 17.4 Å². The number of aryl methyl sites for hydroxylation is 1. The fourth-order valence-electron chi connectivity index (χ4n) is 3.77. The van der Waals surface area contributed by atoms with Crippen LogP contribution in [0.4, 0.5) is 13.2 Å². The van der Waals surface area contributed by atoms with Gasteiger partial charge in [0, 0.05) is 36.1 Å². The number of aromatic nitrogens is 3. The minimum absolute atomic E-state index is 0.00637. The lowest BCUT2D eigenvalue weighted by molar-refractivity contribution is -0.137. The number of alkyl halides is 3. The van der Waals surface area contributed by atoms with Gasteiger partial charge in [-0.25, -0.2) is 9.97 Å². The zero-order chi connectivity index (χ0) is 22.0. The summed E-state index contributed by atoms with van der Waals surface area (Å²) in [5, 5.41) is 2.83. The summed E-state index contributed by atoms with van der Waals surface area (Å²) in [6.45, 7) is 3.10. The summed E-state index contributed by atoms with van der Waals surface area (Å²) in [6.07, 6.45) is 0.644. The van der Waals surface area contributed by atoms with Crippen LogP contribution in [-0.4, -0.2) is 38.8 Å². The molecule has 1 saturated heterocycles. The average molecular weight is 446 g/mol. The highest BCUT2D eigenvalue weighted by molar-refractivity contribution is 7.09. The van der Waals surface area contributed by atoms with E-state index in [9.17, 15) is 18.0 Å². The van der Waals surface area contributed by atoms with E-state index in [0.29, 0.717) is 30.0 Å². The minimum Gasteiger partial charge on any atom is -0.342 e. The second-order valence-corrected chi connectivity index (χ2v) is 8.68. The smallest absolute Gasteiger partial charge is 0.342 e. The molecule has 5 nitrogen and oxygen atoms in total. The predicted octanol–water partition coefficient (Wildman–Crippen LogP) is 4.88. The van der Waals surface area contributed by atoms with E-state index in [-0.39, 0.29) is 18.2 Å². The molecule has 3 aromatic rings. The van der Waals surface area contributed by atoms with Crippen molar-refractivity contribution in [2.75, 3.05) is 13.1 Å². The average Bonchev–Trinajstić information content (AvgIpc) is 3.18. The van der Waals surface area contributed by atoms with Gasteiger partial charge in [0.15, 0.2) is 0 Å². The summed E-state index contributed by atoms with van der Waals surface area (Å²) < 4.78 is 39.2. The highest BCUT2D eigenvalue weighted by atomic mass is 32.1. The van der Waals surface area contributed by atoms with Gasteiger partial charge in [0.1, 0.15) is 0 Å². The Morgan fingerprint density at radius 1 is 1.26 bits per heavy atom. The van der Waals surface area contributed by atoms with Crippen molar-refractivity contribution in [2.24, 2.45) is 0 Å². The van der Waals surface area contributed by atoms with Crippen LogP contribution in [0.5, 0.6) is 0 Å². The van der Waals surface area contributed by atoms with Crippen LogP contribution < -0.4 is 0 Å². The molecule has 1 unspecified atom stereocenters.